The Balaban J connectivity index is 2.60. The minimum absolute atomic E-state index is 0.00779. The first-order chi connectivity index (χ1) is 9.79. The van der Waals surface area contributed by atoms with Gasteiger partial charge in [0, 0.05) is 17.2 Å². The molecule has 114 valence electrons. The van der Waals surface area contributed by atoms with Crippen molar-refractivity contribution in [3.63, 3.8) is 0 Å². The van der Waals surface area contributed by atoms with Gasteiger partial charge in [-0.05, 0) is 51.5 Å². The van der Waals surface area contributed by atoms with Crippen molar-refractivity contribution < 1.29 is 14.3 Å². The average molecular weight is 311 g/mol. The SMILES string of the molecule is CC(=O)C/C(C)=N/NC(=O)C(C)Oc1ccc(Cl)cc1C. The summed E-state index contributed by atoms with van der Waals surface area (Å²) in [6.45, 7) is 6.62. The van der Waals surface area contributed by atoms with E-state index < -0.39 is 6.10 Å². The van der Waals surface area contributed by atoms with E-state index in [-0.39, 0.29) is 18.1 Å². The Bertz CT molecular complexity index is 570. The Morgan fingerprint density at radius 2 is 2.05 bits per heavy atom. The first-order valence-electron chi connectivity index (χ1n) is 6.55. The Labute approximate surface area is 129 Å². The smallest absolute Gasteiger partial charge is 0.280 e. The lowest BCUT2D eigenvalue weighted by molar-refractivity contribution is -0.127. The lowest BCUT2D eigenvalue weighted by Gasteiger charge is -2.15. The van der Waals surface area contributed by atoms with Crippen molar-refractivity contribution in [2.75, 3.05) is 0 Å². The van der Waals surface area contributed by atoms with Crippen LogP contribution in [0.15, 0.2) is 23.3 Å². The molecular formula is C15H19ClN2O3. The van der Waals surface area contributed by atoms with E-state index in [4.69, 9.17) is 16.3 Å². The predicted octanol–water partition coefficient (Wildman–Crippen LogP) is 2.89. The molecule has 6 heteroatoms. The molecule has 1 amide bonds. The van der Waals surface area contributed by atoms with E-state index in [1.165, 1.54) is 6.92 Å². The molecule has 1 rings (SSSR count). The third kappa shape index (κ3) is 5.95. The Hall–Kier alpha value is -1.88. The number of nitrogens with one attached hydrogen (secondary N) is 1. The summed E-state index contributed by atoms with van der Waals surface area (Å²) < 4.78 is 5.57. The number of halogens is 1. The summed E-state index contributed by atoms with van der Waals surface area (Å²) in [6.07, 6.45) is -0.495. The van der Waals surface area contributed by atoms with E-state index in [1.54, 1.807) is 32.0 Å². The minimum Gasteiger partial charge on any atom is -0.481 e. The lowest BCUT2D eigenvalue weighted by atomic mass is 10.2. The van der Waals surface area contributed by atoms with E-state index in [0.29, 0.717) is 16.5 Å². The van der Waals surface area contributed by atoms with E-state index in [0.717, 1.165) is 5.56 Å². The molecule has 0 saturated heterocycles. The molecule has 0 heterocycles. The predicted molar refractivity (Wildman–Crippen MR) is 82.8 cm³/mol. The second-order valence-corrected chi connectivity index (χ2v) is 5.31. The standard InChI is InChI=1S/C15H19ClN2O3/c1-9-7-13(16)5-6-14(9)21-12(4)15(20)18-17-10(2)8-11(3)19/h5-7,12H,8H2,1-4H3,(H,18,20)/b17-10+. The van der Waals surface area contributed by atoms with Crippen LogP contribution in [-0.4, -0.2) is 23.5 Å². The Morgan fingerprint density at radius 3 is 2.62 bits per heavy atom. The van der Waals surface area contributed by atoms with Gasteiger partial charge in [0.2, 0.25) is 0 Å². The fourth-order valence-electron chi connectivity index (χ4n) is 1.63. The maximum Gasteiger partial charge on any atom is 0.280 e. The normalized spacial score (nSPS) is 12.7. The van der Waals surface area contributed by atoms with Gasteiger partial charge in [0.15, 0.2) is 6.10 Å². The van der Waals surface area contributed by atoms with Crippen molar-refractivity contribution in [3.05, 3.63) is 28.8 Å². The highest BCUT2D eigenvalue weighted by Gasteiger charge is 2.15. The maximum atomic E-state index is 11.9. The maximum absolute atomic E-state index is 11.9. The van der Waals surface area contributed by atoms with Crippen LogP contribution in [0.2, 0.25) is 5.02 Å². The molecule has 0 radical (unpaired) electrons. The molecule has 1 atom stereocenters. The van der Waals surface area contributed by atoms with Gasteiger partial charge in [0.05, 0.1) is 0 Å². The summed E-state index contributed by atoms with van der Waals surface area (Å²) in [5, 5.41) is 4.47. The van der Waals surface area contributed by atoms with Crippen LogP contribution in [0.1, 0.15) is 32.8 Å². The summed E-state index contributed by atoms with van der Waals surface area (Å²) >= 11 is 5.86. The molecule has 0 saturated carbocycles. The van der Waals surface area contributed by atoms with Gasteiger partial charge in [0.25, 0.3) is 5.91 Å². The minimum atomic E-state index is -0.709. The molecule has 0 aliphatic heterocycles. The molecule has 1 aromatic carbocycles. The molecule has 0 aliphatic rings. The summed E-state index contributed by atoms with van der Waals surface area (Å²) in [7, 11) is 0. The summed E-state index contributed by atoms with van der Waals surface area (Å²) in [5.41, 5.74) is 3.78. The summed E-state index contributed by atoms with van der Waals surface area (Å²) in [4.78, 5) is 22.8. The number of carbonyl (C=O) groups excluding carboxylic acids is 2. The molecule has 0 spiro atoms. The monoisotopic (exact) mass is 310 g/mol. The number of nitrogens with zero attached hydrogens (tertiary/aromatic N) is 1. The first-order valence-corrected chi connectivity index (χ1v) is 6.92. The molecule has 0 aliphatic carbocycles. The number of benzene rings is 1. The van der Waals surface area contributed by atoms with Crippen molar-refractivity contribution in [2.24, 2.45) is 5.10 Å². The number of ketones is 1. The van der Waals surface area contributed by atoms with Crippen LogP contribution in [0.3, 0.4) is 0 Å². The highest BCUT2D eigenvalue weighted by atomic mass is 35.5. The summed E-state index contributed by atoms with van der Waals surface area (Å²) in [5.74, 6) is 0.199. The third-order valence-corrected chi connectivity index (χ3v) is 2.91. The van der Waals surface area contributed by atoms with Crippen molar-refractivity contribution in [1.82, 2.24) is 5.43 Å². The topological polar surface area (TPSA) is 67.8 Å². The van der Waals surface area contributed by atoms with Crippen molar-refractivity contribution in [1.29, 1.82) is 0 Å². The summed E-state index contributed by atoms with van der Waals surface area (Å²) in [6, 6.07) is 5.17. The first kappa shape index (κ1) is 17.2. The van der Waals surface area contributed by atoms with E-state index in [9.17, 15) is 9.59 Å². The molecule has 0 aromatic heterocycles. The van der Waals surface area contributed by atoms with Crippen LogP contribution >= 0.6 is 11.6 Å². The highest BCUT2D eigenvalue weighted by molar-refractivity contribution is 6.30. The van der Waals surface area contributed by atoms with Crippen LogP contribution in [0.5, 0.6) is 5.75 Å². The highest BCUT2D eigenvalue weighted by Crippen LogP contribution is 2.22. The molecule has 0 bridgehead atoms. The lowest BCUT2D eigenvalue weighted by Crippen LogP contribution is -2.34. The van der Waals surface area contributed by atoms with Gasteiger partial charge in [0.1, 0.15) is 11.5 Å². The Kier molecular flexibility index (Phi) is 6.37. The molecule has 1 unspecified atom stereocenters. The second-order valence-electron chi connectivity index (χ2n) is 4.87. The number of carbonyl (C=O) groups is 2. The molecule has 5 nitrogen and oxygen atoms in total. The van der Waals surface area contributed by atoms with Gasteiger partial charge in [-0.1, -0.05) is 11.6 Å². The number of hydrazone groups is 1. The average Bonchev–Trinajstić information content (AvgIpc) is 2.38. The van der Waals surface area contributed by atoms with Crippen LogP contribution in [-0.2, 0) is 9.59 Å². The largest absolute Gasteiger partial charge is 0.481 e. The zero-order valence-corrected chi connectivity index (χ0v) is 13.3. The van der Waals surface area contributed by atoms with E-state index in [1.807, 2.05) is 6.92 Å². The van der Waals surface area contributed by atoms with Gasteiger partial charge < -0.3 is 4.74 Å². The van der Waals surface area contributed by atoms with Gasteiger partial charge >= 0.3 is 0 Å². The zero-order valence-electron chi connectivity index (χ0n) is 12.6. The number of Topliss-reactive ketones (excluding diaryl/α,β-unsaturated/α-hetero) is 1. The zero-order chi connectivity index (χ0) is 16.0. The molecule has 1 aromatic rings. The van der Waals surface area contributed by atoms with Crippen molar-refractivity contribution in [3.8, 4) is 5.75 Å². The number of rotatable bonds is 6. The van der Waals surface area contributed by atoms with E-state index >= 15 is 0 Å². The van der Waals surface area contributed by atoms with Crippen molar-refractivity contribution in [2.45, 2.75) is 40.2 Å². The van der Waals surface area contributed by atoms with Crippen LogP contribution in [0.4, 0.5) is 0 Å². The number of ether oxygens (including phenoxy) is 1. The molecule has 1 N–H and O–H groups in total. The van der Waals surface area contributed by atoms with Gasteiger partial charge in [-0.3, -0.25) is 9.59 Å². The quantitative estimate of drug-likeness (QED) is 0.649. The van der Waals surface area contributed by atoms with Crippen LogP contribution in [0.25, 0.3) is 0 Å². The van der Waals surface area contributed by atoms with Gasteiger partial charge in [-0.2, -0.15) is 5.10 Å². The third-order valence-electron chi connectivity index (χ3n) is 2.67. The van der Waals surface area contributed by atoms with Gasteiger partial charge in [-0.25, -0.2) is 5.43 Å². The fourth-order valence-corrected chi connectivity index (χ4v) is 1.86. The fraction of sp³-hybridized carbons (Fsp3) is 0.400. The number of amides is 1. The Morgan fingerprint density at radius 1 is 1.38 bits per heavy atom. The number of hydrogen-bond acceptors (Lipinski definition) is 4. The molecule has 0 fully saturated rings. The van der Waals surface area contributed by atoms with Crippen molar-refractivity contribution >= 4 is 29.0 Å². The van der Waals surface area contributed by atoms with Crippen LogP contribution < -0.4 is 10.2 Å². The van der Waals surface area contributed by atoms with E-state index in [2.05, 4.69) is 10.5 Å². The molecular weight excluding hydrogens is 292 g/mol. The second kappa shape index (κ2) is 7.78. The number of aryl methyl sites for hydroxylation is 1. The number of hydrogen-bond donors (Lipinski definition) is 1. The van der Waals surface area contributed by atoms with Gasteiger partial charge in [-0.15, -0.1) is 0 Å². The molecule has 21 heavy (non-hydrogen) atoms. The van der Waals surface area contributed by atoms with Crippen LogP contribution in [0, 0.1) is 6.92 Å².